The third-order valence-corrected chi connectivity index (χ3v) is 7.90. The van der Waals surface area contributed by atoms with Crippen LogP contribution in [0.4, 0.5) is 4.39 Å². The second kappa shape index (κ2) is 8.42. The Balaban J connectivity index is 1.74. The maximum Gasteiger partial charge on any atom is 0.317 e. The van der Waals surface area contributed by atoms with Gasteiger partial charge >= 0.3 is 5.97 Å². The summed E-state index contributed by atoms with van der Waals surface area (Å²) in [5.74, 6) is -1.20. The number of carbonyl (C=O) groups excluding carboxylic acids is 2. The van der Waals surface area contributed by atoms with Crippen LogP contribution < -0.4 is 0 Å². The molecular formula is C21H28FNO5S. The zero-order valence-electron chi connectivity index (χ0n) is 16.9. The Labute approximate surface area is 171 Å². The standard InChI is InChI=1S/C21H28FNO5S/c1-3-23(18-10-13-29(26,27)14-18)19(24)15(2)28-20(25)21(11-4-5-12-21)16-6-8-17(22)9-7-16/h6-9,15,18H,3-5,10-14H2,1-2H3/t15-,18+/m0/s1. The Bertz CT molecular complexity index is 862. The second-order valence-electron chi connectivity index (χ2n) is 8.02. The Kier molecular flexibility index (Phi) is 6.31. The van der Waals surface area contributed by atoms with E-state index in [2.05, 4.69) is 0 Å². The average molecular weight is 426 g/mol. The molecule has 6 nitrogen and oxygen atoms in total. The van der Waals surface area contributed by atoms with Crippen molar-refractivity contribution in [2.24, 2.45) is 0 Å². The maximum absolute atomic E-state index is 13.3. The van der Waals surface area contributed by atoms with E-state index in [4.69, 9.17) is 4.74 Å². The normalized spacial score (nSPS) is 23.5. The van der Waals surface area contributed by atoms with Crippen molar-refractivity contribution >= 4 is 21.7 Å². The molecule has 1 heterocycles. The van der Waals surface area contributed by atoms with Crippen molar-refractivity contribution in [3.63, 3.8) is 0 Å². The van der Waals surface area contributed by atoms with Crippen LogP contribution in [0.3, 0.4) is 0 Å². The minimum atomic E-state index is -3.13. The van der Waals surface area contributed by atoms with Crippen molar-refractivity contribution in [1.82, 2.24) is 4.90 Å². The van der Waals surface area contributed by atoms with E-state index in [1.165, 1.54) is 24.0 Å². The summed E-state index contributed by atoms with van der Waals surface area (Å²) in [6, 6.07) is 5.50. The molecule has 1 aliphatic heterocycles. The van der Waals surface area contributed by atoms with Crippen LogP contribution in [-0.4, -0.2) is 55.4 Å². The molecule has 1 saturated carbocycles. The van der Waals surface area contributed by atoms with Crippen LogP contribution in [0.15, 0.2) is 24.3 Å². The third-order valence-electron chi connectivity index (χ3n) is 6.15. The molecule has 0 spiro atoms. The quantitative estimate of drug-likeness (QED) is 0.655. The molecule has 0 aromatic heterocycles. The number of rotatable bonds is 6. The summed E-state index contributed by atoms with van der Waals surface area (Å²) in [5, 5.41) is 0. The smallest absolute Gasteiger partial charge is 0.317 e. The lowest BCUT2D eigenvalue weighted by Gasteiger charge is -2.32. The van der Waals surface area contributed by atoms with E-state index in [0.717, 1.165) is 12.8 Å². The fourth-order valence-electron chi connectivity index (χ4n) is 4.53. The number of ether oxygens (including phenoxy) is 1. The number of sulfone groups is 1. The number of nitrogens with zero attached hydrogens (tertiary/aromatic N) is 1. The fraction of sp³-hybridized carbons (Fsp3) is 0.619. The highest BCUT2D eigenvalue weighted by Gasteiger charge is 2.46. The van der Waals surface area contributed by atoms with Gasteiger partial charge in [0, 0.05) is 12.6 Å². The molecule has 1 aliphatic carbocycles. The monoisotopic (exact) mass is 425 g/mol. The summed E-state index contributed by atoms with van der Waals surface area (Å²) < 4.78 is 42.5. The van der Waals surface area contributed by atoms with Gasteiger partial charge in [0.1, 0.15) is 5.82 Å². The Morgan fingerprint density at radius 2 is 1.86 bits per heavy atom. The first-order chi connectivity index (χ1) is 13.7. The van der Waals surface area contributed by atoms with Gasteiger partial charge in [-0.1, -0.05) is 25.0 Å². The molecule has 0 N–H and O–H groups in total. The zero-order valence-corrected chi connectivity index (χ0v) is 17.7. The summed E-state index contributed by atoms with van der Waals surface area (Å²) in [7, 11) is -3.13. The molecule has 0 unspecified atom stereocenters. The Hall–Kier alpha value is -1.96. The molecule has 0 bridgehead atoms. The van der Waals surface area contributed by atoms with Gasteiger partial charge in [-0.15, -0.1) is 0 Å². The first kappa shape index (κ1) is 21.7. The van der Waals surface area contributed by atoms with Crippen LogP contribution in [0.1, 0.15) is 51.5 Å². The molecule has 0 radical (unpaired) electrons. The lowest BCUT2D eigenvalue weighted by molar-refractivity contribution is -0.164. The van der Waals surface area contributed by atoms with Crippen molar-refractivity contribution < 1.29 is 27.1 Å². The van der Waals surface area contributed by atoms with Crippen LogP contribution in [0.5, 0.6) is 0 Å². The molecule has 8 heteroatoms. The second-order valence-corrected chi connectivity index (χ2v) is 10.3. The SMILES string of the molecule is CCN(C(=O)[C@H](C)OC(=O)C1(c2ccc(F)cc2)CCCC1)[C@@H]1CCS(=O)(=O)C1. The van der Waals surface area contributed by atoms with Crippen molar-refractivity contribution in [1.29, 1.82) is 0 Å². The lowest BCUT2D eigenvalue weighted by Crippen LogP contribution is -2.48. The van der Waals surface area contributed by atoms with E-state index >= 15 is 0 Å². The Morgan fingerprint density at radius 3 is 2.38 bits per heavy atom. The highest BCUT2D eigenvalue weighted by Crippen LogP contribution is 2.42. The van der Waals surface area contributed by atoms with Gasteiger partial charge in [-0.3, -0.25) is 9.59 Å². The molecule has 1 aromatic rings. The number of hydrogen-bond donors (Lipinski definition) is 0. The van der Waals surface area contributed by atoms with E-state index in [0.29, 0.717) is 31.4 Å². The van der Waals surface area contributed by atoms with Crippen LogP contribution in [0.2, 0.25) is 0 Å². The first-order valence-corrected chi connectivity index (χ1v) is 12.0. The molecular weight excluding hydrogens is 397 g/mol. The minimum Gasteiger partial charge on any atom is -0.452 e. The van der Waals surface area contributed by atoms with Gasteiger partial charge in [-0.05, 0) is 50.8 Å². The van der Waals surface area contributed by atoms with E-state index < -0.39 is 27.3 Å². The molecule has 2 aliphatic rings. The predicted octanol–water partition coefficient (Wildman–Crippen LogP) is 2.60. The molecule has 2 fully saturated rings. The molecule has 1 aromatic carbocycles. The number of hydrogen-bond acceptors (Lipinski definition) is 5. The van der Waals surface area contributed by atoms with Gasteiger partial charge in [-0.2, -0.15) is 0 Å². The number of carbonyl (C=O) groups is 2. The molecule has 3 rings (SSSR count). The van der Waals surface area contributed by atoms with Gasteiger partial charge in [-0.25, -0.2) is 12.8 Å². The van der Waals surface area contributed by atoms with Gasteiger partial charge in [0.05, 0.1) is 16.9 Å². The van der Waals surface area contributed by atoms with Crippen molar-refractivity contribution in [3.05, 3.63) is 35.6 Å². The van der Waals surface area contributed by atoms with Crippen molar-refractivity contribution in [2.45, 2.75) is 63.5 Å². The first-order valence-electron chi connectivity index (χ1n) is 10.2. The third kappa shape index (κ3) is 4.47. The largest absolute Gasteiger partial charge is 0.452 e. The summed E-state index contributed by atoms with van der Waals surface area (Å²) in [6.45, 7) is 3.66. The number of halogens is 1. The number of amides is 1. The minimum absolute atomic E-state index is 0.0488. The number of likely N-dealkylation sites (N-methyl/N-ethyl adjacent to an activating group) is 1. The molecule has 1 amide bonds. The van der Waals surface area contributed by atoms with Crippen LogP contribution in [0.25, 0.3) is 0 Å². The fourth-order valence-corrected chi connectivity index (χ4v) is 6.26. The summed E-state index contributed by atoms with van der Waals surface area (Å²) in [6.07, 6.45) is 2.30. The van der Waals surface area contributed by atoms with E-state index in [-0.39, 0.29) is 29.3 Å². The lowest BCUT2D eigenvalue weighted by atomic mass is 9.79. The van der Waals surface area contributed by atoms with Crippen molar-refractivity contribution in [3.8, 4) is 0 Å². The summed E-state index contributed by atoms with van der Waals surface area (Å²) in [4.78, 5) is 27.5. The van der Waals surface area contributed by atoms with E-state index in [1.807, 2.05) is 0 Å². The predicted molar refractivity (Wildman–Crippen MR) is 107 cm³/mol. The van der Waals surface area contributed by atoms with Gasteiger partial charge < -0.3 is 9.64 Å². The number of esters is 1. The summed E-state index contributed by atoms with van der Waals surface area (Å²) >= 11 is 0. The zero-order chi connectivity index (χ0) is 21.2. The molecule has 29 heavy (non-hydrogen) atoms. The maximum atomic E-state index is 13.3. The van der Waals surface area contributed by atoms with Gasteiger partial charge in [0.15, 0.2) is 15.9 Å². The molecule has 1 saturated heterocycles. The molecule has 160 valence electrons. The van der Waals surface area contributed by atoms with Crippen molar-refractivity contribution in [2.75, 3.05) is 18.1 Å². The molecule has 2 atom stereocenters. The van der Waals surface area contributed by atoms with Crippen LogP contribution in [-0.2, 0) is 29.6 Å². The van der Waals surface area contributed by atoms with E-state index in [1.54, 1.807) is 19.1 Å². The highest BCUT2D eigenvalue weighted by molar-refractivity contribution is 7.91. The van der Waals surface area contributed by atoms with Gasteiger partial charge in [0.2, 0.25) is 0 Å². The van der Waals surface area contributed by atoms with Crippen LogP contribution >= 0.6 is 0 Å². The summed E-state index contributed by atoms with van der Waals surface area (Å²) in [5.41, 5.74) is -0.161. The van der Waals surface area contributed by atoms with Gasteiger partial charge in [0.25, 0.3) is 5.91 Å². The van der Waals surface area contributed by atoms with E-state index in [9.17, 15) is 22.4 Å². The van der Waals surface area contributed by atoms with Crippen LogP contribution in [0, 0.1) is 5.82 Å². The topological polar surface area (TPSA) is 80.8 Å². The Morgan fingerprint density at radius 1 is 1.24 bits per heavy atom. The number of benzene rings is 1. The average Bonchev–Trinajstić information content (AvgIpc) is 3.30. The highest BCUT2D eigenvalue weighted by atomic mass is 32.2.